The number of benzene rings is 1. The van der Waals surface area contributed by atoms with Crippen molar-refractivity contribution in [2.75, 3.05) is 40.4 Å². The van der Waals surface area contributed by atoms with Crippen molar-refractivity contribution in [3.63, 3.8) is 0 Å². The van der Waals surface area contributed by atoms with Gasteiger partial charge in [-0.1, -0.05) is 0 Å². The minimum atomic E-state index is 0. The van der Waals surface area contributed by atoms with Crippen LogP contribution in [0.2, 0.25) is 0 Å². The van der Waals surface area contributed by atoms with Crippen LogP contribution in [0.3, 0.4) is 0 Å². The highest BCUT2D eigenvalue weighted by atomic mass is 35.5. The van der Waals surface area contributed by atoms with Crippen LogP contribution in [0, 0.1) is 12.3 Å². The molecule has 1 amide bonds. The van der Waals surface area contributed by atoms with E-state index in [-0.39, 0.29) is 18.3 Å². The Morgan fingerprint density at radius 1 is 1.12 bits per heavy atom. The van der Waals surface area contributed by atoms with Crippen LogP contribution in [0.1, 0.15) is 35.2 Å². The van der Waals surface area contributed by atoms with Gasteiger partial charge in [-0.15, -0.1) is 12.4 Å². The van der Waals surface area contributed by atoms with Crippen molar-refractivity contribution in [1.29, 1.82) is 0 Å². The predicted octanol–water partition coefficient (Wildman–Crippen LogP) is 2.65. The number of amides is 1. The van der Waals surface area contributed by atoms with E-state index in [9.17, 15) is 4.79 Å². The Kier molecular flexibility index (Phi) is 5.99. The first-order valence-electron chi connectivity index (χ1n) is 8.31. The Balaban J connectivity index is 0.00000208. The van der Waals surface area contributed by atoms with Crippen LogP contribution in [0.25, 0.3) is 0 Å². The molecule has 2 saturated heterocycles. The van der Waals surface area contributed by atoms with Crippen molar-refractivity contribution in [2.45, 2.75) is 26.2 Å². The first-order chi connectivity index (χ1) is 11.1. The maximum Gasteiger partial charge on any atom is 0.254 e. The minimum absolute atomic E-state index is 0. The summed E-state index contributed by atoms with van der Waals surface area (Å²) >= 11 is 0. The molecule has 0 aromatic heterocycles. The Morgan fingerprint density at radius 2 is 1.71 bits per heavy atom. The molecule has 1 aromatic rings. The van der Waals surface area contributed by atoms with Crippen LogP contribution in [-0.4, -0.2) is 51.2 Å². The molecule has 1 spiro atoms. The molecular formula is C18H27ClN2O3. The van der Waals surface area contributed by atoms with E-state index >= 15 is 0 Å². The van der Waals surface area contributed by atoms with Gasteiger partial charge in [-0.2, -0.15) is 0 Å². The van der Waals surface area contributed by atoms with Gasteiger partial charge in [-0.3, -0.25) is 4.79 Å². The maximum absolute atomic E-state index is 12.9. The van der Waals surface area contributed by atoms with E-state index < -0.39 is 0 Å². The molecule has 0 saturated carbocycles. The minimum Gasteiger partial charge on any atom is -0.496 e. The quantitative estimate of drug-likeness (QED) is 0.906. The Hall–Kier alpha value is -1.46. The van der Waals surface area contributed by atoms with Gasteiger partial charge in [0.25, 0.3) is 5.91 Å². The second-order valence-corrected chi connectivity index (χ2v) is 6.73. The topological polar surface area (TPSA) is 50.8 Å². The summed E-state index contributed by atoms with van der Waals surface area (Å²) in [4.78, 5) is 14.9. The molecule has 0 radical (unpaired) electrons. The van der Waals surface area contributed by atoms with Crippen molar-refractivity contribution < 1.29 is 14.3 Å². The number of rotatable bonds is 3. The third-order valence-corrected chi connectivity index (χ3v) is 5.39. The smallest absolute Gasteiger partial charge is 0.254 e. The SMILES string of the molecule is COc1cc(C(=O)N2CCC3(CCNCC3)C2)cc(OC)c1C.Cl. The summed E-state index contributed by atoms with van der Waals surface area (Å²) in [5.74, 6) is 1.48. The van der Waals surface area contributed by atoms with Crippen molar-refractivity contribution in [2.24, 2.45) is 5.41 Å². The van der Waals surface area contributed by atoms with Gasteiger partial charge in [-0.25, -0.2) is 0 Å². The molecule has 24 heavy (non-hydrogen) atoms. The number of likely N-dealkylation sites (tertiary alicyclic amines) is 1. The average Bonchev–Trinajstić information content (AvgIpc) is 2.98. The van der Waals surface area contributed by atoms with Crippen molar-refractivity contribution in [3.8, 4) is 11.5 Å². The van der Waals surface area contributed by atoms with Crippen LogP contribution in [0.15, 0.2) is 12.1 Å². The molecule has 0 aliphatic carbocycles. The summed E-state index contributed by atoms with van der Waals surface area (Å²) in [6, 6.07) is 3.65. The van der Waals surface area contributed by atoms with E-state index in [1.165, 1.54) is 0 Å². The van der Waals surface area contributed by atoms with E-state index in [0.717, 1.165) is 51.0 Å². The second-order valence-electron chi connectivity index (χ2n) is 6.73. The summed E-state index contributed by atoms with van der Waals surface area (Å²) < 4.78 is 10.8. The lowest BCUT2D eigenvalue weighted by atomic mass is 9.78. The zero-order valence-electron chi connectivity index (χ0n) is 14.7. The summed E-state index contributed by atoms with van der Waals surface area (Å²) in [6.07, 6.45) is 3.44. The zero-order valence-corrected chi connectivity index (χ0v) is 15.5. The van der Waals surface area contributed by atoms with Crippen LogP contribution in [-0.2, 0) is 0 Å². The number of piperidine rings is 1. The van der Waals surface area contributed by atoms with Gasteiger partial charge in [0.1, 0.15) is 11.5 Å². The number of hydrogen-bond donors (Lipinski definition) is 1. The number of nitrogens with one attached hydrogen (secondary N) is 1. The molecule has 2 fully saturated rings. The number of carbonyl (C=O) groups excluding carboxylic acids is 1. The largest absolute Gasteiger partial charge is 0.496 e. The van der Waals surface area contributed by atoms with Gasteiger partial charge in [0, 0.05) is 24.2 Å². The molecule has 2 aliphatic rings. The molecule has 0 unspecified atom stereocenters. The normalized spacial score (nSPS) is 19.0. The second kappa shape index (κ2) is 7.62. The molecule has 0 atom stereocenters. The van der Waals surface area contributed by atoms with E-state index in [4.69, 9.17) is 9.47 Å². The van der Waals surface area contributed by atoms with Gasteiger partial charge in [0.15, 0.2) is 0 Å². The molecule has 0 bridgehead atoms. The first kappa shape index (κ1) is 18.9. The van der Waals surface area contributed by atoms with Crippen LogP contribution in [0.4, 0.5) is 0 Å². The lowest BCUT2D eigenvalue weighted by Crippen LogP contribution is -2.39. The van der Waals surface area contributed by atoms with Gasteiger partial charge >= 0.3 is 0 Å². The fourth-order valence-electron chi connectivity index (χ4n) is 3.87. The van der Waals surface area contributed by atoms with E-state index in [2.05, 4.69) is 5.32 Å². The molecule has 6 heteroatoms. The Labute approximate surface area is 150 Å². The fourth-order valence-corrected chi connectivity index (χ4v) is 3.87. The maximum atomic E-state index is 12.9. The molecule has 1 aromatic carbocycles. The number of hydrogen-bond acceptors (Lipinski definition) is 4. The van der Waals surface area contributed by atoms with Crippen molar-refractivity contribution in [3.05, 3.63) is 23.3 Å². The molecule has 3 rings (SSSR count). The summed E-state index contributed by atoms with van der Waals surface area (Å²) in [5.41, 5.74) is 1.89. The lowest BCUT2D eigenvalue weighted by molar-refractivity contribution is 0.0761. The summed E-state index contributed by atoms with van der Waals surface area (Å²) in [7, 11) is 3.24. The lowest BCUT2D eigenvalue weighted by Gasteiger charge is -2.33. The van der Waals surface area contributed by atoms with Gasteiger partial charge < -0.3 is 19.7 Å². The average molecular weight is 355 g/mol. The van der Waals surface area contributed by atoms with Crippen LogP contribution >= 0.6 is 12.4 Å². The summed E-state index contributed by atoms with van der Waals surface area (Å²) in [6.45, 7) is 5.78. The van der Waals surface area contributed by atoms with Gasteiger partial charge in [0.05, 0.1) is 14.2 Å². The monoisotopic (exact) mass is 354 g/mol. The van der Waals surface area contributed by atoms with Gasteiger partial charge in [-0.05, 0) is 56.8 Å². The Bertz CT molecular complexity index is 575. The fraction of sp³-hybridized carbons (Fsp3) is 0.611. The molecule has 2 aliphatic heterocycles. The molecule has 5 nitrogen and oxygen atoms in total. The van der Waals surface area contributed by atoms with Gasteiger partial charge in [0.2, 0.25) is 0 Å². The van der Waals surface area contributed by atoms with Crippen molar-refractivity contribution in [1.82, 2.24) is 10.2 Å². The zero-order chi connectivity index (χ0) is 16.4. The first-order valence-corrected chi connectivity index (χ1v) is 8.31. The third-order valence-electron chi connectivity index (χ3n) is 5.39. The molecular weight excluding hydrogens is 328 g/mol. The van der Waals surface area contributed by atoms with Crippen LogP contribution < -0.4 is 14.8 Å². The molecule has 134 valence electrons. The number of ether oxygens (including phenoxy) is 2. The molecule has 1 N–H and O–H groups in total. The van der Waals surface area contributed by atoms with Crippen molar-refractivity contribution >= 4 is 18.3 Å². The highest BCUT2D eigenvalue weighted by molar-refractivity contribution is 5.95. The third kappa shape index (κ3) is 3.47. The predicted molar refractivity (Wildman–Crippen MR) is 96.6 cm³/mol. The van der Waals surface area contributed by atoms with Crippen LogP contribution in [0.5, 0.6) is 11.5 Å². The standard InChI is InChI=1S/C18H26N2O3.ClH/c1-13-15(22-2)10-14(11-16(13)23-3)17(21)20-9-6-18(12-20)4-7-19-8-5-18;/h10-11,19H,4-9,12H2,1-3H3;1H. The molecule has 2 heterocycles. The number of halogens is 1. The summed E-state index contributed by atoms with van der Waals surface area (Å²) in [5, 5.41) is 3.41. The highest BCUT2D eigenvalue weighted by Crippen LogP contribution is 2.39. The number of carbonyl (C=O) groups is 1. The Morgan fingerprint density at radius 3 is 2.25 bits per heavy atom. The number of nitrogens with zero attached hydrogens (tertiary/aromatic N) is 1. The van der Waals surface area contributed by atoms with E-state index in [1.807, 2.05) is 24.0 Å². The number of methoxy groups -OCH3 is 2. The highest BCUT2D eigenvalue weighted by Gasteiger charge is 2.40. The van der Waals surface area contributed by atoms with E-state index in [0.29, 0.717) is 22.5 Å². The van der Waals surface area contributed by atoms with E-state index in [1.54, 1.807) is 14.2 Å².